The molecule has 2 N–H and O–H groups in total. The van der Waals surface area contributed by atoms with Crippen LogP contribution >= 0.6 is 0 Å². The highest BCUT2D eigenvalue weighted by Gasteiger charge is 2.19. The van der Waals surface area contributed by atoms with Gasteiger partial charge in [0, 0.05) is 12.6 Å². The highest BCUT2D eigenvalue weighted by atomic mass is 32.2. The van der Waals surface area contributed by atoms with Gasteiger partial charge in [0.1, 0.15) is 0 Å². The van der Waals surface area contributed by atoms with Crippen LogP contribution in [0.3, 0.4) is 0 Å². The van der Waals surface area contributed by atoms with Crippen LogP contribution in [0, 0.1) is 11.3 Å². The fourth-order valence-corrected chi connectivity index (χ4v) is 3.14. The van der Waals surface area contributed by atoms with Crippen molar-refractivity contribution in [2.24, 2.45) is 0 Å². The third-order valence-corrected chi connectivity index (χ3v) is 4.50. The molecule has 0 saturated heterocycles. The molecule has 1 saturated carbocycles. The standard InChI is InChI=1S/C14H19N3O2S/c15-10-12-4-1-2-5-13(12)11-20(18,19)17-9-3-8-16-14-6-7-14/h1-2,4-5,14,16-17H,3,6-9,11H2. The van der Waals surface area contributed by atoms with E-state index in [0.29, 0.717) is 23.7 Å². The highest BCUT2D eigenvalue weighted by molar-refractivity contribution is 7.88. The summed E-state index contributed by atoms with van der Waals surface area (Å²) < 4.78 is 26.4. The Morgan fingerprint density at radius 3 is 2.70 bits per heavy atom. The summed E-state index contributed by atoms with van der Waals surface area (Å²) in [6.07, 6.45) is 3.24. The van der Waals surface area contributed by atoms with Gasteiger partial charge in [0.05, 0.1) is 17.4 Å². The average Bonchev–Trinajstić information content (AvgIpc) is 3.22. The Kier molecular flexibility index (Phi) is 5.12. The smallest absolute Gasteiger partial charge is 0.215 e. The number of hydrogen-bond donors (Lipinski definition) is 2. The molecule has 1 aromatic carbocycles. The van der Waals surface area contributed by atoms with E-state index < -0.39 is 10.0 Å². The Bertz CT molecular complexity index is 589. The van der Waals surface area contributed by atoms with Crippen LogP contribution in [0.5, 0.6) is 0 Å². The van der Waals surface area contributed by atoms with Crippen LogP contribution in [0.2, 0.25) is 0 Å². The molecule has 20 heavy (non-hydrogen) atoms. The molecule has 1 aliphatic carbocycles. The number of rotatable bonds is 8. The molecule has 0 bridgehead atoms. The summed E-state index contributed by atoms with van der Waals surface area (Å²) in [5, 5.41) is 12.3. The van der Waals surface area contributed by atoms with Crippen molar-refractivity contribution >= 4 is 10.0 Å². The van der Waals surface area contributed by atoms with Crippen molar-refractivity contribution in [1.82, 2.24) is 10.0 Å². The number of hydrogen-bond acceptors (Lipinski definition) is 4. The van der Waals surface area contributed by atoms with E-state index in [0.717, 1.165) is 13.0 Å². The molecule has 6 heteroatoms. The molecule has 0 aliphatic heterocycles. The van der Waals surface area contributed by atoms with E-state index in [2.05, 4.69) is 10.0 Å². The van der Waals surface area contributed by atoms with Gasteiger partial charge in [-0.25, -0.2) is 13.1 Å². The lowest BCUT2D eigenvalue weighted by molar-refractivity contribution is 0.572. The van der Waals surface area contributed by atoms with Crippen molar-refractivity contribution in [2.75, 3.05) is 13.1 Å². The first-order chi connectivity index (χ1) is 9.61. The number of nitriles is 1. The van der Waals surface area contributed by atoms with E-state index in [1.165, 1.54) is 12.8 Å². The number of sulfonamides is 1. The molecule has 0 atom stereocenters. The van der Waals surface area contributed by atoms with Crippen LogP contribution in [0.25, 0.3) is 0 Å². The number of nitrogens with zero attached hydrogens (tertiary/aromatic N) is 1. The fourth-order valence-electron chi connectivity index (χ4n) is 1.92. The van der Waals surface area contributed by atoms with Gasteiger partial charge in [0.2, 0.25) is 10.0 Å². The van der Waals surface area contributed by atoms with Crippen LogP contribution in [-0.4, -0.2) is 27.5 Å². The lowest BCUT2D eigenvalue weighted by atomic mass is 10.1. The van der Waals surface area contributed by atoms with E-state index in [4.69, 9.17) is 5.26 Å². The number of nitrogens with one attached hydrogen (secondary N) is 2. The maximum Gasteiger partial charge on any atom is 0.215 e. The quantitative estimate of drug-likeness (QED) is 0.704. The Balaban J connectivity index is 1.79. The second-order valence-electron chi connectivity index (χ2n) is 5.00. The molecule has 1 aromatic rings. The topological polar surface area (TPSA) is 82.0 Å². The summed E-state index contributed by atoms with van der Waals surface area (Å²) in [5.41, 5.74) is 0.951. The molecule has 108 valence electrons. The normalized spacial score (nSPS) is 14.9. The third-order valence-electron chi connectivity index (χ3n) is 3.17. The average molecular weight is 293 g/mol. The first-order valence-corrected chi connectivity index (χ1v) is 8.45. The van der Waals surface area contributed by atoms with E-state index in [9.17, 15) is 8.42 Å². The molecule has 0 radical (unpaired) electrons. The first-order valence-electron chi connectivity index (χ1n) is 6.79. The van der Waals surface area contributed by atoms with Crippen LogP contribution < -0.4 is 10.0 Å². The van der Waals surface area contributed by atoms with Crippen LogP contribution in [-0.2, 0) is 15.8 Å². The van der Waals surface area contributed by atoms with Crippen molar-refractivity contribution < 1.29 is 8.42 Å². The minimum absolute atomic E-state index is 0.146. The zero-order valence-electron chi connectivity index (χ0n) is 11.3. The van der Waals surface area contributed by atoms with Gasteiger partial charge in [-0.05, 0) is 37.4 Å². The monoisotopic (exact) mass is 293 g/mol. The highest BCUT2D eigenvalue weighted by Crippen LogP contribution is 2.18. The Labute approximate surface area is 120 Å². The van der Waals surface area contributed by atoms with Gasteiger partial charge in [0.25, 0.3) is 0 Å². The minimum atomic E-state index is -3.38. The molecular weight excluding hydrogens is 274 g/mol. The van der Waals surface area contributed by atoms with E-state index in [1.54, 1.807) is 24.3 Å². The minimum Gasteiger partial charge on any atom is -0.314 e. The summed E-state index contributed by atoms with van der Waals surface area (Å²) in [6, 6.07) is 9.43. The van der Waals surface area contributed by atoms with Gasteiger partial charge in [-0.2, -0.15) is 5.26 Å². The maximum atomic E-state index is 11.9. The van der Waals surface area contributed by atoms with Crippen molar-refractivity contribution in [3.8, 4) is 6.07 Å². The fraction of sp³-hybridized carbons (Fsp3) is 0.500. The second-order valence-corrected chi connectivity index (χ2v) is 6.81. The van der Waals surface area contributed by atoms with Gasteiger partial charge in [-0.1, -0.05) is 18.2 Å². The van der Waals surface area contributed by atoms with E-state index >= 15 is 0 Å². The van der Waals surface area contributed by atoms with Gasteiger partial charge >= 0.3 is 0 Å². The Hall–Kier alpha value is -1.42. The Morgan fingerprint density at radius 2 is 2.00 bits per heavy atom. The summed E-state index contributed by atoms with van der Waals surface area (Å²) in [7, 11) is -3.38. The lowest BCUT2D eigenvalue weighted by Gasteiger charge is -2.08. The zero-order chi connectivity index (χ0) is 14.4. The van der Waals surface area contributed by atoms with Crippen LogP contribution in [0.1, 0.15) is 30.4 Å². The van der Waals surface area contributed by atoms with Gasteiger partial charge in [0.15, 0.2) is 0 Å². The molecule has 0 heterocycles. The molecule has 2 rings (SSSR count). The molecule has 0 spiro atoms. The first kappa shape index (κ1) is 15.0. The molecule has 0 unspecified atom stereocenters. The van der Waals surface area contributed by atoms with Gasteiger partial charge in [-0.3, -0.25) is 0 Å². The maximum absolute atomic E-state index is 11.9. The van der Waals surface area contributed by atoms with Crippen molar-refractivity contribution in [2.45, 2.75) is 31.1 Å². The van der Waals surface area contributed by atoms with E-state index in [1.807, 2.05) is 6.07 Å². The van der Waals surface area contributed by atoms with Crippen LogP contribution in [0.15, 0.2) is 24.3 Å². The predicted molar refractivity (Wildman–Crippen MR) is 77.4 cm³/mol. The molecule has 1 fully saturated rings. The van der Waals surface area contributed by atoms with Gasteiger partial charge < -0.3 is 5.32 Å². The molecule has 1 aliphatic rings. The summed E-state index contributed by atoms with van der Waals surface area (Å²) in [5.74, 6) is -0.146. The Morgan fingerprint density at radius 1 is 1.25 bits per heavy atom. The van der Waals surface area contributed by atoms with Gasteiger partial charge in [-0.15, -0.1) is 0 Å². The predicted octanol–water partition coefficient (Wildman–Crippen LogP) is 1.12. The summed E-state index contributed by atoms with van der Waals surface area (Å²) >= 11 is 0. The summed E-state index contributed by atoms with van der Waals surface area (Å²) in [6.45, 7) is 1.26. The lowest BCUT2D eigenvalue weighted by Crippen LogP contribution is -2.29. The molecule has 0 amide bonds. The largest absolute Gasteiger partial charge is 0.314 e. The molecule has 5 nitrogen and oxygen atoms in total. The SMILES string of the molecule is N#Cc1ccccc1CS(=O)(=O)NCCCNC1CC1. The second kappa shape index (κ2) is 6.84. The number of benzene rings is 1. The van der Waals surface area contributed by atoms with Crippen molar-refractivity contribution in [3.63, 3.8) is 0 Å². The zero-order valence-corrected chi connectivity index (χ0v) is 12.1. The molecule has 0 aromatic heterocycles. The van der Waals surface area contributed by atoms with Crippen molar-refractivity contribution in [3.05, 3.63) is 35.4 Å². The summed E-state index contributed by atoms with van der Waals surface area (Å²) in [4.78, 5) is 0. The molecular formula is C14H19N3O2S. The van der Waals surface area contributed by atoms with E-state index in [-0.39, 0.29) is 5.75 Å². The van der Waals surface area contributed by atoms with Crippen molar-refractivity contribution in [1.29, 1.82) is 5.26 Å². The third kappa shape index (κ3) is 4.93. The van der Waals surface area contributed by atoms with Crippen LogP contribution in [0.4, 0.5) is 0 Å².